The summed E-state index contributed by atoms with van der Waals surface area (Å²) in [6.07, 6.45) is 2.77. The lowest BCUT2D eigenvalue weighted by atomic mass is 9.98. The lowest BCUT2D eigenvalue weighted by molar-refractivity contribution is 0.102. The lowest BCUT2D eigenvalue weighted by Gasteiger charge is -2.15. The van der Waals surface area contributed by atoms with Crippen LogP contribution in [0.15, 0.2) is 83.9 Å². The number of anilines is 1. The van der Waals surface area contributed by atoms with Crippen LogP contribution in [0.4, 0.5) is 5.69 Å². The Morgan fingerprint density at radius 2 is 1.71 bits per heavy atom. The molecule has 3 aromatic carbocycles. The number of pyridine rings is 1. The van der Waals surface area contributed by atoms with Gasteiger partial charge >= 0.3 is 0 Å². The molecule has 1 amide bonds. The van der Waals surface area contributed by atoms with Crippen LogP contribution >= 0.6 is 23.2 Å². The number of sulfone groups is 1. The number of carbonyl (C=O) groups is 1. The van der Waals surface area contributed by atoms with Crippen LogP contribution in [0.5, 0.6) is 5.75 Å². The Morgan fingerprint density at radius 3 is 2.40 bits per heavy atom. The summed E-state index contributed by atoms with van der Waals surface area (Å²) in [5.41, 5.74) is 3.00. The number of methoxy groups -OCH3 is 1. The predicted octanol–water partition coefficient (Wildman–Crippen LogP) is 6.39. The molecular weight excluding hydrogens is 507 g/mol. The topological polar surface area (TPSA) is 85.4 Å². The van der Waals surface area contributed by atoms with Crippen molar-refractivity contribution in [1.82, 2.24) is 4.98 Å². The third kappa shape index (κ3) is 5.48. The maximum Gasteiger partial charge on any atom is 0.256 e. The molecule has 9 heteroatoms. The standard InChI is InChI=1S/C26H20Cl2N2O4S/c1-34-25-13-16(27)6-9-19(25)21-15-18(35(2,32)33)8-10-20(21)26(31)30-17-7-11-23(28)22(14-17)24-5-3-4-12-29-24/h3-15H,1-2H3,(H,30,31). The average molecular weight is 527 g/mol. The molecule has 0 aliphatic rings. The number of hydrogen-bond acceptors (Lipinski definition) is 5. The molecule has 0 aliphatic carbocycles. The Bertz CT molecular complexity index is 1520. The highest BCUT2D eigenvalue weighted by Crippen LogP contribution is 2.36. The van der Waals surface area contributed by atoms with Crippen LogP contribution in [0.2, 0.25) is 10.0 Å². The fraction of sp³-hybridized carbons (Fsp3) is 0.0769. The number of rotatable bonds is 6. The van der Waals surface area contributed by atoms with Crippen molar-refractivity contribution < 1.29 is 17.9 Å². The van der Waals surface area contributed by atoms with E-state index in [0.29, 0.717) is 43.9 Å². The van der Waals surface area contributed by atoms with Crippen LogP contribution in [-0.4, -0.2) is 32.7 Å². The van der Waals surface area contributed by atoms with Crippen molar-refractivity contribution in [3.05, 3.63) is 94.6 Å². The Morgan fingerprint density at radius 1 is 0.914 bits per heavy atom. The number of hydrogen-bond donors (Lipinski definition) is 1. The highest BCUT2D eigenvalue weighted by Gasteiger charge is 2.20. The number of halogens is 2. The third-order valence-electron chi connectivity index (χ3n) is 5.28. The van der Waals surface area contributed by atoms with Crippen molar-refractivity contribution in [1.29, 1.82) is 0 Å². The SMILES string of the molecule is COc1cc(Cl)ccc1-c1cc(S(C)(=O)=O)ccc1C(=O)Nc1ccc(Cl)c(-c2ccccn2)c1. The van der Waals surface area contributed by atoms with Crippen molar-refractivity contribution in [3.8, 4) is 28.1 Å². The molecule has 0 spiro atoms. The Hall–Kier alpha value is -3.39. The molecule has 0 saturated heterocycles. The van der Waals surface area contributed by atoms with E-state index in [1.165, 1.54) is 25.3 Å². The van der Waals surface area contributed by atoms with Crippen LogP contribution in [-0.2, 0) is 9.84 Å². The Labute approximate surface area is 213 Å². The summed E-state index contributed by atoms with van der Waals surface area (Å²) >= 11 is 12.5. The molecule has 0 bridgehead atoms. The first-order chi connectivity index (χ1) is 16.7. The molecule has 0 atom stereocenters. The van der Waals surface area contributed by atoms with Gasteiger partial charge in [-0.25, -0.2) is 8.42 Å². The predicted molar refractivity (Wildman–Crippen MR) is 139 cm³/mol. The third-order valence-corrected chi connectivity index (χ3v) is 6.96. The average Bonchev–Trinajstić information content (AvgIpc) is 2.84. The normalized spacial score (nSPS) is 11.2. The van der Waals surface area contributed by atoms with Crippen LogP contribution in [0, 0.1) is 0 Å². The number of amides is 1. The van der Waals surface area contributed by atoms with Gasteiger partial charge in [-0.2, -0.15) is 0 Å². The fourth-order valence-corrected chi connectivity index (χ4v) is 4.61. The number of benzene rings is 3. The van der Waals surface area contributed by atoms with Gasteiger partial charge in [0.1, 0.15) is 5.75 Å². The zero-order valence-electron chi connectivity index (χ0n) is 18.7. The summed E-state index contributed by atoms with van der Waals surface area (Å²) in [7, 11) is -2.05. The van der Waals surface area contributed by atoms with Gasteiger partial charge < -0.3 is 10.1 Å². The van der Waals surface area contributed by atoms with Crippen molar-refractivity contribution in [3.63, 3.8) is 0 Å². The molecule has 35 heavy (non-hydrogen) atoms. The molecular formula is C26H20Cl2N2O4S. The molecule has 1 aromatic heterocycles. The van der Waals surface area contributed by atoms with Crippen LogP contribution in [0.1, 0.15) is 10.4 Å². The van der Waals surface area contributed by atoms with E-state index >= 15 is 0 Å². The molecule has 0 radical (unpaired) electrons. The number of nitrogens with one attached hydrogen (secondary N) is 1. The van der Waals surface area contributed by atoms with Gasteiger partial charge in [0.15, 0.2) is 9.84 Å². The zero-order chi connectivity index (χ0) is 25.2. The van der Waals surface area contributed by atoms with E-state index in [1.54, 1.807) is 48.7 Å². The Balaban J connectivity index is 1.78. The number of nitrogens with zero attached hydrogens (tertiary/aromatic N) is 1. The monoisotopic (exact) mass is 526 g/mol. The van der Waals surface area contributed by atoms with Gasteiger partial charge in [0.05, 0.1) is 22.7 Å². The number of ether oxygens (including phenoxy) is 1. The van der Waals surface area contributed by atoms with Gasteiger partial charge in [0.2, 0.25) is 0 Å². The maximum atomic E-state index is 13.4. The van der Waals surface area contributed by atoms with Gasteiger partial charge in [0, 0.05) is 39.9 Å². The molecule has 0 saturated carbocycles. The minimum atomic E-state index is -3.52. The van der Waals surface area contributed by atoms with E-state index in [-0.39, 0.29) is 10.5 Å². The molecule has 4 rings (SSSR count). The second-order valence-electron chi connectivity index (χ2n) is 7.69. The first kappa shape index (κ1) is 24.7. The Kier molecular flexibility index (Phi) is 7.12. The summed E-state index contributed by atoms with van der Waals surface area (Å²) < 4.78 is 29.9. The van der Waals surface area contributed by atoms with Crippen LogP contribution in [0.25, 0.3) is 22.4 Å². The van der Waals surface area contributed by atoms with E-state index < -0.39 is 15.7 Å². The van der Waals surface area contributed by atoms with Gasteiger partial charge in [0.25, 0.3) is 5.91 Å². The summed E-state index contributed by atoms with van der Waals surface area (Å²) in [6, 6.07) is 19.8. The maximum absolute atomic E-state index is 13.4. The lowest BCUT2D eigenvalue weighted by Crippen LogP contribution is -2.14. The van der Waals surface area contributed by atoms with E-state index in [0.717, 1.165) is 6.26 Å². The van der Waals surface area contributed by atoms with Gasteiger partial charge in [-0.15, -0.1) is 0 Å². The smallest absolute Gasteiger partial charge is 0.256 e. The van der Waals surface area contributed by atoms with E-state index in [9.17, 15) is 13.2 Å². The van der Waals surface area contributed by atoms with Crippen molar-refractivity contribution in [2.24, 2.45) is 0 Å². The van der Waals surface area contributed by atoms with Crippen molar-refractivity contribution in [2.45, 2.75) is 4.90 Å². The van der Waals surface area contributed by atoms with Gasteiger partial charge in [-0.1, -0.05) is 29.3 Å². The van der Waals surface area contributed by atoms with E-state index in [2.05, 4.69) is 10.3 Å². The molecule has 6 nitrogen and oxygen atoms in total. The second-order valence-corrected chi connectivity index (χ2v) is 10.5. The first-order valence-electron chi connectivity index (χ1n) is 10.4. The summed E-state index contributed by atoms with van der Waals surface area (Å²) in [5, 5.41) is 3.81. The molecule has 0 fully saturated rings. The number of aromatic nitrogens is 1. The molecule has 1 heterocycles. The first-order valence-corrected chi connectivity index (χ1v) is 13.0. The quantitative estimate of drug-likeness (QED) is 0.314. The minimum Gasteiger partial charge on any atom is -0.496 e. The molecule has 0 aliphatic heterocycles. The molecule has 0 unspecified atom stereocenters. The van der Waals surface area contributed by atoms with Crippen LogP contribution < -0.4 is 10.1 Å². The summed E-state index contributed by atoms with van der Waals surface area (Å²) in [6.45, 7) is 0. The van der Waals surface area contributed by atoms with Gasteiger partial charge in [-0.05, 0) is 72.3 Å². The highest BCUT2D eigenvalue weighted by molar-refractivity contribution is 7.90. The minimum absolute atomic E-state index is 0.0741. The largest absolute Gasteiger partial charge is 0.496 e. The molecule has 1 N–H and O–H groups in total. The molecule has 4 aromatic rings. The van der Waals surface area contributed by atoms with E-state index in [1.807, 2.05) is 12.1 Å². The molecule has 178 valence electrons. The van der Waals surface area contributed by atoms with Crippen LogP contribution in [0.3, 0.4) is 0 Å². The summed E-state index contributed by atoms with van der Waals surface area (Å²) in [5.74, 6) is -0.0347. The van der Waals surface area contributed by atoms with Crippen molar-refractivity contribution in [2.75, 3.05) is 18.7 Å². The van der Waals surface area contributed by atoms with Crippen molar-refractivity contribution >= 4 is 44.6 Å². The fourth-order valence-electron chi connectivity index (χ4n) is 3.58. The van der Waals surface area contributed by atoms with Gasteiger partial charge in [-0.3, -0.25) is 9.78 Å². The highest BCUT2D eigenvalue weighted by atomic mass is 35.5. The second kappa shape index (κ2) is 10.1. The van der Waals surface area contributed by atoms with E-state index in [4.69, 9.17) is 27.9 Å². The summed E-state index contributed by atoms with van der Waals surface area (Å²) in [4.78, 5) is 17.8. The number of carbonyl (C=O) groups excluding carboxylic acids is 1. The zero-order valence-corrected chi connectivity index (χ0v) is 21.1.